The zero-order valence-electron chi connectivity index (χ0n) is 10.1. The predicted molar refractivity (Wildman–Crippen MR) is 61.7 cm³/mol. The van der Waals surface area contributed by atoms with Gasteiger partial charge in [-0.15, -0.1) is 0 Å². The summed E-state index contributed by atoms with van der Waals surface area (Å²) in [5.41, 5.74) is 0. The smallest absolute Gasteiger partial charge is 0.306 e. The summed E-state index contributed by atoms with van der Waals surface area (Å²) in [6, 6.07) is 0. The largest absolute Gasteiger partial charge is 0.462 e. The van der Waals surface area contributed by atoms with Crippen molar-refractivity contribution in [2.45, 2.75) is 71.3 Å². The first-order chi connectivity index (χ1) is 7.22. The van der Waals surface area contributed by atoms with E-state index in [4.69, 9.17) is 4.74 Å². The summed E-state index contributed by atoms with van der Waals surface area (Å²) in [6.45, 7) is 4.55. The van der Waals surface area contributed by atoms with Crippen molar-refractivity contribution in [3.05, 3.63) is 0 Å². The fourth-order valence-electron chi connectivity index (χ4n) is 2.05. The number of esters is 1. The van der Waals surface area contributed by atoms with Gasteiger partial charge in [-0.05, 0) is 31.6 Å². The highest BCUT2D eigenvalue weighted by Crippen LogP contribution is 2.20. The molecule has 0 unspecified atom stereocenters. The Labute approximate surface area is 93.4 Å². The molecule has 15 heavy (non-hydrogen) atoms. The number of ether oxygens (including phenoxy) is 1. The molecule has 1 heterocycles. The quantitative estimate of drug-likeness (QED) is 0.496. The molecule has 1 aliphatic heterocycles. The molecule has 0 N–H and O–H groups in total. The lowest BCUT2D eigenvalue weighted by molar-refractivity contribution is -0.154. The van der Waals surface area contributed by atoms with Gasteiger partial charge in [0.25, 0.3) is 0 Å². The highest BCUT2D eigenvalue weighted by Gasteiger charge is 2.19. The lowest BCUT2D eigenvalue weighted by Crippen LogP contribution is -2.23. The van der Waals surface area contributed by atoms with Gasteiger partial charge in [0.15, 0.2) is 0 Å². The Morgan fingerprint density at radius 3 is 2.93 bits per heavy atom. The second-order valence-corrected chi connectivity index (χ2v) is 4.80. The molecule has 0 aromatic carbocycles. The van der Waals surface area contributed by atoms with Crippen LogP contribution in [0.25, 0.3) is 0 Å². The van der Waals surface area contributed by atoms with Crippen LogP contribution in [-0.4, -0.2) is 12.1 Å². The fourth-order valence-corrected chi connectivity index (χ4v) is 2.05. The number of unbranched alkanes of at least 4 members (excludes halogenated alkanes) is 1. The minimum absolute atomic E-state index is 0.00757. The van der Waals surface area contributed by atoms with Gasteiger partial charge in [0.2, 0.25) is 0 Å². The summed E-state index contributed by atoms with van der Waals surface area (Å²) in [4.78, 5) is 11.0. The van der Waals surface area contributed by atoms with Gasteiger partial charge in [-0.25, -0.2) is 0 Å². The standard InChI is InChI=1S/C13H24O2/c1-3-11(2)7-4-5-8-12-9-6-10-13(14)15-12/h11-12H,3-10H2,1-2H3/t11-,12+/m0/s1. The first-order valence-corrected chi connectivity index (χ1v) is 6.41. The average molecular weight is 212 g/mol. The molecule has 0 aromatic rings. The number of carbonyl (C=O) groups is 1. The van der Waals surface area contributed by atoms with Gasteiger partial charge in [-0.3, -0.25) is 4.79 Å². The molecule has 0 bridgehead atoms. The molecule has 0 aliphatic carbocycles. The first kappa shape index (κ1) is 12.5. The summed E-state index contributed by atoms with van der Waals surface area (Å²) in [5.74, 6) is 0.854. The molecule has 0 saturated carbocycles. The van der Waals surface area contributed by atoms with Crippen LogP contribution in [0.15, 0.2) is 0 Å². The Morgan fingerprint density at radius 2 is 2.27 bits per heavy atom. The fraction of sp³-hybridized carbons (Fsp3) is 0.923. The molecule has 0 radical (unpaired) electrons. The molecule has 88 valence electrons. The number of hydrogen-bond donors (Lipinski definition) is 0. The van der Waals surface area contributed by atoms with E-state index in [1.807, 2.05) is 0 Å². The van der Waals surface area contributed by atoms with Crippen molar-refractivity contribution in [1.29, 1.82) is 0 Å². The number of cyclic esters (lactones) is 1. The van der Waals surface area contributed by atoms with Crippen molar-refractivity contribution in [1.82, 2.24) is 0 Å². The van der Waals surface area contributed by atoms with Crippen LogP contribution in [0, 0.1) is 5.92 Å². The number of hydrogen-bond acceptors (Lipinski definition) is 2. The maximum absolute atomic E-state index is 11.0. The molecule has 2 heteroatoms. The monoisotopic (exact) mass is 212 g/mol. The Kier molecular flexibility index (Phi) is 5.74. The van der Waals surface area contributed by atoms with Crippen LogP contribution in [0.5, 0.6) is 0 Å². The molecular formula is C13H24O2. The topological polar surface area (TPSA) is 26.3 Å². The van der Waals surface area contributed by atoms with Gasteiger partial charge in [0.05, 0.1) is 0 Å². The minimum atomic E-state index is 0.00757. The van der Waals surface area contributed by atoms with E-state index in [1.165, 1.54) is 25.7 Å². The molecule has 2 atom stereocenters. The van der Waals surface area contributed by atoms with Crippen LogP contribution in [0.1, 0.15) is 65.2 Å². The summed E-state index contributed by atoms with van der Waals surface area (Å²) in [5, 5.41) is 0. The SMILES string of the molecule is CC[C@H](C)CCCC[C@@H]1CCCC(=O)O1. The Hall–Kier alpha value is -0.530. The van der Waals surface area contributed by atoms with Gasteiger partial charge in [-0.1, -0.05) is 33.1 Å². The van der Waals surface area contributed by atoms with Crippen molar-refractivity contribution in [3.63, 3.8) is 0 Å². The lowest BCUT2D eigenvalue weighted by Gasteiger charge is -2.22. The summed E-state index contributed by atoms with van der Waals surface area (Å²) in [7, 11) is 0. The molecule has 0 spiro atoms. The molecule has 2 nitrogen and oxygen atoms in total. The maximum atomic E-state index is 11.0. The van der Waals surface area contributed by atoms with Crippen molar-refractivity contribution in [3.8, 4) is 0 Å². The second-order valence-electron chi connectivity index (χ2n) is 4.80. The number of carbonyl (C=O) groups excluding carboxylic acids is 1. The Bertz CT molecular complexity index is 189. The average Bonchev–Trinajstić information content (AvgIpc) is 2.24. The predicted octanol–water partition coefficient (Wildman–Crippen LogP) is 3.69. The zero-order chi connectivity index (χ0) is 11.1. The van der Waals surface area contributed by atoms with E-state index in [0.717, 1.165) is 25.2 Å². The van der Waals surface area contributed by atoms with E-state index in [1.54, 1.807) is 0 Å². The van der Waals surface area contributed by atoms with E-state index in [2.05, 4.69) is 13.8 Å². The summed E-state index contributed by atoms with van der Waals surface area (Å²) in [6.07, 6.45) is 9.11. The van der Waals surface area contributed by atoms with Crippen molar-refractivity contribution in [2.24, 2.45) is 5.92 Å². The molecule has 1 rings (SSSR count). The van der Waals surface area contributed by atoms with Crippen LogP contribution < -0.4 is 0 Å². The van der Waals surface area contributed by atoms with Gasteiger partial charge in [0.1, 0.15) is 6.10 Å². The summed E-state index contributed by atoms with van der Waals surface area (Å²) < 4.78 is 5.28. The third-order valence-electron chi connectivity index (χ3n) is 3.38. The van der Waals surface area contributed by atoms with Crippen molar-refractivity contribution < 1.29 is 9.53 Å². The first-order valence-electron chi connectivity index (χ1n) is 6.41. The third kappa shape index (κ3) is 5.19. The molecule has 1 fully saturated rings. The zero-order valence-corrected chi connectivity index (χ0v) is 10.1. The van der Waals surface area contributed by atoms with Gasteiger partial charge < -0.3 is 4.74 Å². The molecule has 1 saturated heterocycles. The van der Waals surface area contributed by atoms with E-state index >= 15 is 0 Å². The van der Waals surface area contributed by atoms with Crippen LogP contribution >= 0.6 is 0 Å². The normalized spacial score (nSPS) is 23.6. The molecule has 0 amide bonds. The van der Waals surface area contributed by atoms with Gasteiger partial charge in [0, 0.05) is 6.42 Å². The molecule has 1 aliphatic rings. The van der Waals surface area contributed by atoms with Crippen molar-refractivity contribution >= 4 is 5.97 Å². The van der Waals surface area contributed by atoms with E-state index in [9.17, 15) is 4.79 Å². The van der Waals surface area contributed by atoms with Crippen LogP contribution in [0.2, 0.25) is 0 Å². The second kappa shape index (κ2) is 6.86. The third-order valence-corrected chi connectivity index (χ3v) is 3.38. The van der Waals surface area contributed by atoms with Gasteiger partial charge >= 0.3 is 5.97 Å². The van der Waals surface area contributed by atoms with Crippen LogP contribution in [0.3, 0.4) is 0 Å². The Balaban J connectivity index is 2.02. The molecule has 0 aromatic heterocycles. The van der Waals surface area contributed by atoms with Crippen LogP contribution in [-0.2, 0) is 9.53 Å². The van der Waals surface area contributed by atoms with E-state index in [-0.39, 0.29) is 12.1 Å². The lowest BCUT2D eigenvalue weighted by atomic mass is 9.98. The highest BCUT2D eigenvalue weighted by molar-refractivity contribution is 5.70. The number of rotatable bonds is 6. The highest BCUT2D eigenvalue weighted by atomic mass is 16.5. The maximum Gasteiger partial charge on any atom is 0.306 e. The Morgan fingerprint density at radius 1 is 1.47 bits per heavy atom. The van der Waals surface area contributed by atoms with Crippen molar-refractivity contribution in [2.75, 3.05) is 0 Å². The van der Waals surface area contributed by atoms with Crippen LogP contribution in [0.4, 0.5) is 0 Å². The van der Waals surface area contributed by atoms with E-state index in [0.29, 0.717) is 6.42 Å². The van der Waals surface area contributed by atoms with E-state index < -0.39 is 0 Å². The van der Waals surface area contributed by atoms with Gasteiger partial charge in [-0.2, -0.15) is 0 Å². The minimum Gasteiger partial charge on any atom is -0.462 e. The molecular weight excluding hydrogens is 188 g/mol. The summed E-state index contributed by atoms with van der Waals surface area (Å²) >= 11 is 0.